The Morgan fingerprint density at radius 1 is 0.696 bits per heavy atom. The number of rotatable bonds is 14. The van der Waals surface area contributed by atoms with Gasteiger partial charge in [0, 0.05) is 0 Å². The number of hydrogen-bond donors (Lipinski definition) is 0. The summed E-state index contributed by atoms with van der Waals surface area (Å²) in [5.41, 5.74) is 0. The quantitative estimate of drug-likeness (QED) is 0.151. The standard InChI is InChI=1S/C10H15.3C4H9.Sn/c1-3-5-7-9-10-8-6-4-2;3*1-3-4-2;/h1,4,6,8-10H2,2H3;3*1,3-4H2,2H3;. The van der Waals surface area contributed by atoms with Crippen molar-refractivity contribution in [3.8, 4) is 11.8 Å². The third kappa shape index (κ3) is 10.5. The summed E-state index contributed by atoms with van der Waals surface area (Å²) in [6.45, 7) is 13.8. The van der Waals surface area contributed by atoms with Crippen LogP contribution in [0.5, 0.6) is 0 Å². The van der Waals surface area contributed by atoms with Gasteiger partial charge in [0.2, 0.25) is 0 Å². The molecular formula is C22H42Sn. The molecule has 0 spiro atoms. The molecule has 0 aromatic heterocycles. The van der Waals surface area contributed by atoms with Gasteiger partial charge in [-0.25, -0.2) is 0 Å². The molecule has 0 saturated carbocycles. The van der Waals surface area contributed by atoms with Gasteiger partial charge in [-0.3, -0.25) is 0 Å². The summed E-state index contributed by atoms with van der Waals surface area (Å²) < 4.78 is 5.93. The average molecular weight is 425 g/mol. The van der Waals surface area contributed by atoms with E-state index >= 15 is 0 Å². The van der Waals surface area contributed by atoms with Crippen molar-refractivity contribution in [2.75, 3.05) is 0 Å². The van der Waals surface area contributed by atoms with Gasteiger partial charge in [-0.2, -0.15) is 0 Å². The van der Waals surface area contributed by atoms with E-state index in [9.17, 15) is 0 Å². The maximum absolute atomic E-state index is 4.54. The molecule has 0 unspecified atom stereocenters. The Balaban J connectivity index is 4.82. The van der Waals surface area contributed by atoms with Crippen LogP contribution in [0.25, 0.3) is 0 Å². The van der Waals surface area contributed by atoms with Crippen LogP contribution in [0.1, 0.15) is 98.3 Å². The molecule has 0 atom stereocenters. The van der Waals surface area contributed by atoms with Crippen LogP contribution in [0.4, 0.5) is 0 Å². The molecule has 1 heteroatoms. The first-order valence-electron chi connectivity index (χ1n) is 10.3. The van der Waals surface area contributed by atoms with Crippen LogP contribution in [0.15, 0.2) is 10.2 Å². The van der Waals surface area contributed by atoms with Gasteiger partial charge in [-0.15, -0.1) is 0 Å². The summed E-state index contributed by atoms with van der Waals surface area (Å²) in [6.07, 6.45) is 14.6. The molecule has 0 fully saturated rings. The molecule has 0 saturated heterocycles. The van der Waals surface area contributed by atoms with Gasteiger partial charge in [0.25, 0.3) is 0 Å². The minimum absolute atomic E-state index is 1.08. The predicted molar refractivity (Wildman–Crippen MR) is 111 cm³/mol. The van der Waals surface area contributed by atoms with Crippen LogP contribution in [0.2, 0.25) is 13.3 Å². The predicted octanol–water partition coefficient (Wildman–Crippen LogP) is 7.90. The molecule has 0 radical (unpaired) electrons. The van der Waals surface area contributed by atoms with E-state index in [4.69, 9.17) is 0 Å². The van der Waals surface area contributed by atoms with Gasteiger partial charge < -0.3 is 0 Å². The fourth-order valence-corrected chi connectivity index (χ4v) is 17.9. The second kappa shape index (κ2) is 15.6. The Labute approximate surface area is 151 Å². The summed E-state index contributed by atoms with van der Waals surface area (Å²) in [4.78, 5) is 0. The molecule has 0 nitrogen and oxygen atoms in total. The summed E-state index contributed by atoms with van der Waals surface area (Å²) >= 11 is -2.27. The van der Waals surface area contributed by atoms with Crippen molar-refractivity contribution in [2.45, 2.75) is 112 Å². The molecular weight excluding hydrogens is 383 g/mol. The second-order valence-electron chi connectivity index (χ2n) is 7.18. The van der Waals surface area contributed by atoms with Crippen molar-refractivity contribution in [3.05, 3.63) is 10.2 Å². The summed E-state index contributed by atoms with van der Waals surface area (Å²) in [6, 6.07) is 0. The van der Waals surface area contributed by atoms with Crippen molar-refractivity contribution in [2.24, 2.45) is 0 Å². The van der Waals surface area contributed by atoms with Crippen LogP contribution in [-0.2, 0) is 0 Å². The van der Waals surface area contributed by atoms with Crippen molar-refractivity contribution < 1.29 is 0 Å². The van der Waals surface area contributed by atoms with E-state index in [-0.39, 0.29) is 0 Å². The molecule has 0 heterocycles. The fourth-order valence-electron chi connectivity index (χ4n) is 3.32. The SMILES string of the molecule is C=[C](C#CCCCCCC)[Sn]([CH2]CCC)([CH2]CCC)[CH2]CCC. The van der Waals surface area contributed by atoms with E-state index in [2.05, 4.69) is 46.1 Å². The Bertz CT molecular complexity index is 323. The third-order valence-electron chi connectivity index (χ3n) is 5.06. The monoisotopic (exact) mass is 426 g/mol. The minimum atomic E-state index is -2.27. The molecule has 0 amide bonds. The summed E-state index contributed by atoms with van der Waals surface area (Å²) in [5, 5.41) is 0. The van der Waals surface area contributed by atoms with Crippen LogP contribution >= 0.6 is 0 Å². The number of allylic oxidation sites excluding steroid dienone is 1. The average Bonchev–Trinajstić information content (AvgIpc) is 2.57. The molecule has 0 rings (SSSR count). The van der Waals surface area contributed by atoms with Gasteiger partial charge in [0.1, 0.15) is 0 Å². The molecule has 0 aromatic carbocycles. The second-order valence-corrected chi connectivity index (χ2v) is 20.5. The molecule has 0 aliphatic heterocycles. The van der Waals surface area contributed by atoms with Crippen LogP contribution in [0, 0.1) is 11.8 Å². The Morgan fingerprint density at radius 3 is 1.61 bits per heavy atom. The van der Waals surface area contributed by atoms with Crippen LogP contribution in [-0.4, -0.2) is 18.4 Å². The Morgan fingerprint density at radius 2 is 1.17 bits per heavy atom. The van der Waals surface area contributed by atoms with Gasteiger partial charge in [0.15, 0.2) is 0 Å². The van der Waals surface area contributed by atoms with E-state index in [0.29, 0.717) is 0 Å². The third-order valence-corrected chi connectivity index (χ3v) is 20.3. The molecule has 23 heavy (non-hydrogen) atoms. The van der Waals surface area contributed by atoms with Gasteiger partial charge in [-0.1, -0.05) is 0 Å². The van der Waals surface area contributed by atoms with E-state index < -0.39 is 18.4 Å². The van der Waals surface area contributed by atoms with Gasteiger partial charge in [0.05, 0.1) is 0 Å². The number of hydrogen-bond acceptors (Lipinski definition) is 0. The molecule has 0 aliphatic rings. The van der Waals surface area contributed by atoms with Crippen molar-refractivity contribution in [3.63, 3.8) is 0 Å². The van der Waals surface area contributed by atoms with E-state index in [1.54, 1.807) is 0 Å². The molecule has 0 bridgehead atoms. The van der Waals surface area contributed by atoms with E-state index in [1.807, 2.05) is 0 Å². The molecule has 0 N–H and O–H groups in total. The first-order valence-corrected chi connectivity index (χ1v) is 17.8. The van der Waals surface area contributed by atoms with Crippen molar-refractivity contribution in [1.82, 2.24) is 0 Å². The molecule has 0 aromatic rings. The Kier molecular flexibility index (Phi) is 15.7. The van der Waals surface area contributed by atoms with Crippen LogP contribution < -0.4 is 0 Å². The van der Waals surface area contributed by atoms with E-state index in [0.717, 1.165) is 6.42 Å². The fraction of sp³-hybridized carbons (Fsp3) is 0.818. The molecule has 134 valence electrons. The Hall–Kier alpha value is 0.0987. The van der Waals surface area contributed by atoms with Crippen molar-refractivity contribution >= 4 is 18.4 Å². The topological polar surface area (TPSA) is 0 Å². The first kappa shape index (κ1) is 23.1. The number of unbranched alkanes of at least 4 members (excludes halogenated alkanes) is 7. The van der Waals surface area contributed by atoms with Crippen LogP contribution in [0.3, 0.4) is 0 Å². The first-order chi connectivity index (χ1) is 11.2. The summed E-state index contributed by atoms with van der Waals surface area (Å²) in [5.74, 6) is 7.06. The summed E-state index contributed by atoms with van der Waals surface area (Å²) in [7, 11) is 0. The van der Waals surface area contributed by atoms with Gasteiger partial charge in [-0.05, 0) is 0 Å². The normalized spacial score (nSPS) is 11.1. The van der Waals surface area contributed by atoms with Gasteiger partial charge >= 0.3 is 152 Å². The van der Waals surface area contributed by atoms with Crippen molar-refractivity contribution in [1.29, 1.82) is 0 Å². The zero-order valence-corrected chi connectivity index (χ0v) is 19.5. The molecule has 0 aliphatic carbocycles. The van der Waals surface area contributed by atoms with E-state index in [1.165, 1.54) is 81.1 Å². The zero-order chi connectivity index (χ0) is 17.4. The maximum atomic E-state index is 4.54. The zero-order valence-electron chi connectivity index (χ0n) is 16.6.